The van der Waals surface area contributed by atoms with Crippen LogP contribution in [0.1, 0.15) is 58.3 Å². The first-order valence-corrected chi connectivity index (χ1v) is 9.94. The number of allylic oxidation sites excluding steroid dienone is 1. The molecule has 4 aliphatic rings. The number of aliphatic hydroxyl groups excluding tert-OH is 2. The first-order chi connectivity index (χ1) is 12.0. The van der Waals surface area contributed by atoms with Gasteiger partial charge in [0.05, 0.1) is 0 Å². The maximum Gasteiger partial charge on any atom is 0.161 e. The van der Waals surface area contributed by atoms with E-state index in [9.17, 15) is 19.8 Å². The Morgan fingerprint density at radius 3 is 2.64 bits per heavy atom. The summed E-state index contributed by atoms with van der Waals surface area (Å²) in [5.74, 6) is 1.50. The number of Topliss-reactive ketones (excluding diaryl/α,β-unsaturated/α-hetero) is 1. The zero-order valence-electron chi connectivity index (χ0n) is 15.2. The second-order valence-electron chi connectivity index (χ2n) is 9.15. The Balaban J connectivity index is 1.67. The van der Waals surface area contributed by atoms with E-state index in [1.165, 1.54) is 5.57 Å². The van der Waals surface area contributed by atoms with Crippen LogP contribution >= 0.6 is 0 Å². The van der Waals surface area contributed by atoms with Gasteiger partial charge in [-0.15, -0.1) is 0 Å². The zero-order valence-corrected chi connectivity index (χ0v) is 15.2. The lowest BCUT2D eigenvalue weighted by atomic mass is 9.46. The molecule has 0 aromatic rings. The number of carbonyl (C=O) groups is 2. The molecule has 0 heterocycles. The minimum Gasteiger partial charge on any atom is -0.396 e. The summed E-state index contributed by atoms with van der Waals surface area (Å²) in [6.07, 6.45) is 9.30. The zero-order chi connectivity index (χ0) is 17.8. The van der Waals surface area contributed by atoms with Gasteiger partial charge in [-0.3, -0.25) is 9.59 Å². The molecule has 0 aromatic carbocycles. The van der Waals surface area contributed by atoms with E-state index in [0.29, 0.717) is 24.2 Å². The SMILES string of the molecule is C[C@]12CCC(=O)C=C1CCC1C3CCC(C(=O)CO)[C@@]3(CO)CCC12. The number of ketones is 2. The van der Waals surface area contributed by atoms with Crippen LogP contribution in [0.25, 0.3) is 0 Å². The predicted molar refractivity (Wildman–Crippen MR) is 93.7 cm³/mol. The Kier molecular flexibility index (Phi) is 4.19. The Hall–Kier alpha value is -1.00. The summed E-state index contributed by atoms with van der Waals surface area (Å²) in [6, 6.07) is 0. The van der Waals surface area contributed by atoms with Crippen molar-refractivity contribution < 1.29 is 19.8 Å². The molecule has 0 bridgehead atoms. The van der Waals surface area contributed by atoms with E-state index >= 15 is 0 Å². The fourth-order valence-corrected chi connectivity index (χ4v) is 7.27. The molecular formula is C21H30O4. The third-order valence-corrected chi connectivity index (χ3v) is 8.52. The maximum atomic E-state index is 12.3. The van der Waals surface area contributed by atoms with E-state index in [0.717, 1.165) is 44.9 Å². The first-order valence-electron chi connectivity index (χ1n) is 9.94. The lowest BCUT2D eigenvalue weighted by Gasteiger charge is -2.58. The quantitative estimate of drug-likeness (QED) is 0.824. The molecule has 4 unspecified atom stereocenters. The molecule has 25 heavy (non-hydrogen) atoms. The second-order valence-corrected chi connectivity index (χ2v) is 9.15. The molecule has 0 saturated heterocycles. The van der Waals surface area contributed by atoms with E-state index in [1.807, 2.05) is 6.08 Å². The number of rotatable bonds is 3. The monoisotopic (exact) mass is 346 g/mol. The summed E-state index contributed by atoms with van der Waals surface area (Å²) in [7, 11) is 0. The van der Waals surface area contributed by atoms with Gasteiger partial charge in [0.25, 0.3) is 0 Å². The van der Waals surface area contributed by atoms with E-state index in [2.05, 4.69) is 6.92 Å². The standard InChI is InChI=1S/C21H30O4/c1-20-8-6-14(24)10-13(20)2-3-15-16(20)7-9-21(12-23)17(15)4-5-18(21)19(25)11-22/h10,15-18,22-23H,2-9,11-12H2,1H3/t15?,16?,17?,18?,20-,21+/m0/s1. The van der Waals surface area contributed by atoms with Crippen molar-refractivity contribution in [2.24, 2.45) is 34.5 Å². The average Bonchev–Trinajstić information content (AvgIpc) is 3.01. The summed E-state index contributed by atoms with van der Waals surface area (Å²) in [5, 5.41) is 19.7. The van der Waals surface area contributed by atoms with Gasteiger partial charge in [0.2, 0.25) is 0 Å². The third kappa shape index (κ3) is 2.33. The van der Waals surface area contributed by atoms with Gasteiger partial charge in [-0.2, -0.15) is 0 Å². The molecule has 4 aliphatic carbocycles. The molecule has 2 N–H and O–H groups in total. The number of carbonyl (C=O) groups excluding carboxylic acids is 2. The summed E-state index contributed by atoms with van der Waals surface area (Å²) in [4.78, 5) is 24.2. The number of hydrogen-bond donors (Lipinski definition) is 2. The summed E-state index contributed by atoms with van der Waals surface area (Å²) >= 11 is 0. The largest absolute Gasteiger partial charge is 0.396 e. The van der Waals surface area contributed by atoms with Crippen LogP contribution in [-0.4, -0.2) is 35.0 Å². The summed E-state index contributed by atoms with van der Waals surface area (Å²) < 4.78 is 0. The molecule has 138 valence electrons. The second kappa shape index (κ2) is 6.02. The van der Waals surface area contributed by atoms with Crippen molar-refractivity contribution in [3.63, 3.8) is 0 Å². The lowest BCUT2D eigenvalue weighted by Crippen LogP contribution is -2.53. The van der Waals surface area contributed by atoms with E-state index in [4.69, 9.17) is 0 Å². The Labute approximate surface area is 149 Å². The molecule has 6 atom stereocenters. The molecular weight excluding hydrogens is 316 g/mol. The molecule has 3 fully saturated rings. The third-order valence-electron chi connectivity index (χ3n) is 8.52. The molecule has 0 radical (unpaired) electrons. The van der Waals surface area contributed by atoms with E-state index < -0.39 is 6.61 Å². The normalized spacial score (nSPS) is 46.0. The topological polar surface area (TPSA) is 74.6 Å². The van der Waals surface area contributed by atoms with E-state index in [1.54, 1.807) is 0 Å². The van der Waals surface area contributed by atoms with Gasteiger partial charge in [0.1, 0.15) is 6.61 Å². The Morgan fingerprint density at radius 2 is 1.92 bits per heavy atom. The highest BCUT2D eigenvalue weighted by Crippen LogP contribution is 2.66. The highest BCUT2D eigenvalue weighted by molar-refractivity contribution is 5.91. The van der Waals surface area contributed by atoms with Crippen LogP contribution in [0.4, 0.5) is 0 Å². The number of fused-ring (bicyclic) bond motifs is 5. The summed E-state index contributed by atoms with van der Waals surface area (Å²) in [6.45, 7) is 2.01. The maximum absolute atomic E-state index is 12.3. The van der Waals surface area contributed by atoms with E-state index in [-0.39, 0.29) is 34.9 Å². The van der Waals surface area contributed by atoms with Crippen LogP contribution in [0.15, 0.2) is 11.6 Å². The van der Waals surface area contributed by atoms with Crippen molar-refractivity contribution in [1.29, 1.82) is 0 Å². The van der Waals surface area contributed by atoms with Crippen LogP contribution in [0.3, 0.4) is 0 Å². The van der Waals surface area contributed by atoms with Gasteiger partial charge in [-0.25, -0.2) is 0 Å². The van der Waals surface area contributed by atoms with Crippen LogP contribution < -0.4 is 0 Å². The van der Waals surface area contributed by atoms with Crippen molar-refractivity contribution in [2.45, 2.75) is 58.3 Å². The fraction of sp³-hybridized carbons (Fsp3) is 0.810. The first kappa shape index (κ1) is 17.4. The Morgan fingerprint density at radius 1 is 1.12 bits per heavy atom. The number of aliphatic hydroxyl groups is 2. The molecule has 4 rings (SSSR count). The molecule has 0 aliphatic heterocycles. The Bertz CT molecular complexity index is 623. The molecule has 4 nitrogen and oxygen atoms in total. The minimum absolute atomic E-state index is 0.0647. The number of hydrogen-bond acceptors (Lipinski definition) is 4. The van der Waals surface area contributed by atoms with Crippen LogP contribution in [0.5, 0.6) is 0 Å². The van der Waals surface area contributed by atoms with Crippen LogP contribution in [-0.2, 0) is 9.59 Å². The minimum atomic E-state index is -0.403. The molecule has 0 amide bonds. The van der Waals surface area contributed by atoms with Crippen molar-refractivity contribution in [2.75, 3.05) is 13.2 Å². The van der Waals surface area contributed by atoms with Crippen molar-refractivity contribution in [3.8, 4) is 0 Å². The van der Waals surface area contributed by atoms with Crippen LogP contribution in [0.2, 0.25) is 0 Å². The highest BCUT2D eigenvalue weighted by Gasteiger charge is 2.61. The van der Waals surface area contributed by atoms with Crippen LogP contribution in [0, 0.1) is 34.5 Å². The van der Waals surface area contributed by atoms with Gasteiger partial charge in [0.15, 0.2) is 11.6 Å². The molecule has 0 aromatic heterocycles. The fourth-order valence-electron chi connectivity index (χ4n) is 7.27. The average molecular weight is 346 g/mol. The predicted octanol–water partition coefficient (Wildman–Crippen LogP) is 2.67. The highest BCUT2D eigenvalue weighted by atomic mass is 16.3. The lowest BCUT2D eigenvalue weighted by molar-refractivity contribution is -0.138. The van der Waals surface area contributed by atoms with Gasteiger partial charge >= 0.3 is 0 Å². The van der Waals surface area contributed by atoms with Gasteiger partial charge in [-0.1, -0.05) is 12.5 Å². The van der Waals surface area contributed by atoms with Gasteiger partial charge < -0.3 is 10.2 Å². The molecule has 4 heteroatoms. The van der Waals surface area contributed by atoms with Crippen molar-refractivity contribution >= 4 is 11.6 Å². The summed E-state index contributed by atoms with van der Waals surface area (Å²) in [5.41, 5.74) is 1.16. The molecule has 0 spiro atoms. The van der Waals surface area contributed by atoms with Crippen molar-refractivity contribution in [3.05, 3.63) is 11.6 Å². The van der Waals surface area contributed by atoms with Gasteiger partial charge in [-0.05, 0) is 74.2 Å². The molecule has 3 saturated carbocycles. The van der Waals surface area contributed by atoms with Crippen molar-refractivity contribution in [1.82, 2.24) is 0 Å². The van der Waals surface area contributed by atoms with Gasteiger partial charge in [0, 0.05) is 24.4 Å². The smallest absolute Gasteiger partial charge is 0.161 e.